The monoisotopic (exact) mass is 384 g/mol. The topological polar surface area (TPSA) is 126 Å². The van der Waals surface area contributed by atoms with Gasteiger partial charge in [0.1, 0.15) is 12.1 Å². The molecule has 2 aliphatic heterocycles. The first kappa shape index (κ1) is 21.1. The highest BCUT2D eigenvalue weighted by atomic mass is 16.6. The molecule has 0 aliphatic carbocycles. The number of carbonyl (C=O) groups is 4. The summed E-state index contributed by atoms with van der Waals surface area (Å²) in [7, 11) is 0. The minimum absolute atomic E-state index is 0.194. The highest BCUT2D eigenvalue weighted by Gasteiger charge is 2.52. The molecule has 2 N–H and O–H groups in total. The fraction of sp³-hybridized carbons (Fsp3) is 0.778. The number of hydrogen-bond donors (Lipinski definition) is 2. The van der Waals surface area contributed by atoms with E-state index in [-0.39, 0.29) is 12.5 Å². The summed E-state index contributed by atoms with van der Waals surface area (Å²) in [5.74, 6) is -2.79. The highest BCUT2D eigenvalue weighted by molar-refractivity contribution is 5.96. The van der Waals surface area contributed by atoms with E-state index in [0.717, 1.165) is 0 Å². The van der Waals surface area contributed by atoms with Crippen LogP contribution in [0.4, 0.5) is 0 Å². The van der Waals surface area contributed by atoms with E-state index in [1.54, 1.807) is 0 Å². The molecule has 2 amide bonds. The minimum Gasteiger partial charge on any atom is -0.480 e. The molecule has 9 heteroatoms. The van der Waals surface area contributed by atoms with Crippen molar-refractivity contribution in [2.24, 2.45) is 5.92 Å². The lowest BCUT2D eigenvalue weighted by molar-refractivity contribution is -0.150. The molecule has 5 atom stereocenters. The van der Waals surface area contributed by atoms with Crippen molar-refractivity contribution in [3.05, 3.63) is 0 Å². The minimum atomic E-state index is -1.04. The van der Waals surface area contributed by atoms with Gasteiger partial charge in [-0.3, -0.25) is 9.59 Å². The van der Waals surface area contributed by atoms with E-state index in [2.05, 4.69) is 5.32 Å². The Morgan fingerprint density at radius 3 is 2.56 bits per heavy atom. The number of hydrogen-bond acceptors (Lipinski definition) is 6. The number of carbonyl (C=O) groups excluding carboxylic acids is 3. The van der Waals surface area contributed by atoms with Crippen molar-refractivity contribution in [3.8, 4) is 0 Å². The van der Waals surface area contributed by atoms with E-state index in [9.17, 15) is 24.3 Å². The van der Waals surface area contributed by atoms with Crippen LogP contribution in [0.2, 0.25) is 0 Å². The molecule has 0 spiro atoms. The van der Waals surface area contributed by atoms with Gasteiger partial charge in [-0.1, -0.05) is 27.2 Å². The number of epoxide rings is 1. The molecular formula is C18H28N2O7. The molecule has 152 valence electrons. The first-order chi connectivity index (χ1) is 12.8. The van der Waals surface area contributed by atoms with Gasteiger partial charge in [-0.2, -0.15) is 0 Å². The van der Waals surface area contributed by atoms with Gasteiger partial charge in [0.05, 0.1) is 6.61 Å². The summed E-state index contributed by atoms with van der Waals surface area (Å²) in [6.07, 6.45) is 0.390. The standard InChI is InChI=1S/C18H28N2O7/c1-4-9-26-18(25)14-13(27-14)15(21)19-12(10(3)5-2)16(22)20-8-6-7-11(20)17(23)24/h10-14H,4-9H2,1-3H3,(H,19,21)(H,23,24)/t10-,11-,12-,13-,14-/m0/s1. The van der Waals surface area contributed by atoms with Crippen molar-refractivity contribution in [1.82, 2.24) is 10.2 Å². The second kappa shape index (κ2) is 9.16. The maximum atomic E-state index is 12.9. The summed E-state index contributed by atoms with van der Waals surface area (Å²) in [6.45, 7) is 6.16. The van der Waals surface area contributed by atoms with Gasteiger partial charge in [-0.15, -0.1) is 0 Å². The van der Waals surface area contributed by atoms with E-state index < -0.39 is 48.0 Å². The van der Waals surface area contributed by atoms with Gasteiger partial charge in [0, 0.05) is 6.54 Å². The summed E-state index contributed by atoms with van der Waals surface area (Å²) in [6, 6.07) is -1.73. The third-order valence-electron chi connectivity index (χ3n) is 5.03. The molecule has 0 aromatic heterocycles. The Morgan fingerprint density at radius 2 is 1.96 bits per heavy atom. The van der Waals surface area contributed by atoms with Crippen LogP contribution in [0.3, 0.4) is 0 Å². The Kier molecular flexibility index (Phi) is 7.18. The van der Waals surface area contributed by atoms with Crippen LogP contribution in [0.25, 0.3) is 0 Å². The Labute approximate surface area is 158 Å². The smallest absolute Gasteiger partial charge is 0.338 e. The molecule has 0 unspecified atom stereocenters. The van der Waals surface area contributed by atoms with Crippen molar-refractivity contribution >= 4 is 23.8 Å². The van der Waals surface area contributed by atoms with Crippen LogP contribution in [-0.2, 0) is 28.7 Å². The number of rotatable bonds is 9. The maximum absolute atomic E-state index is 12.9. The molecule has 0 aromatic rings. The average Bonchev–Trinajstić information content (AvgIpc) is 3.30. The van der Waals surface area contributed by atoms with E-state index in [1.165, 1.54) is 4.90 Å². The number of aliphatic carboxylic acids is 1. The molecule has 0 saturated carbocycles. The molecule has 2 heterocycles. The number of amides is 2. The lowest BCUT2D eigenvalue weighted by Gasteiger charge is -2.30. The van der Waals surface area contributed by atoms with Crippen molar-refractivity contribution < 1.29 is 33.8 Å². The zero-order valence-corrected chi connectivity index (χ0v) is 16.0. The van der Waals surface area contributed by atoms with Gasteiger partial charge in [0.2, 0.25) is 5.91 Å². The maximum Gasteiger partial charge on any atom is 0.338 e. The summed E-state index contributed by atoms with van der Waals surface area (Å²) < 4.78 is 10.1. The molecule has 0 radical (unpaired) electrons. The third kappa shape index (κ3) is 4.97. The van der Waals surface area contributed by atoms with Crippen LogP contribution in [0.1, 0.15) is 46.5 Å². The Hall–Kier alpha value is -2.16. The highest BCUT2D eigenvalue weighted by Crippen LogP contribution is 2.26. The summed E-state index contributed by atoms with van der Waals surface area (Å²) in [4.78, 5) is 49.8. The predicted molar refractivity (Wildman–Crippen MR) is 93.7 cm³/mol. The number of carboxylic acid groups (broad SMARTS) is 1. The largest absolute Gasteiger partial charge is 0.480 e. The van der Waals surface area contributed by atoms with Gasteiger partial charge < -0.3 is 24.8 Å². The van der Waals surface area contributed by atoms with Gasteiger partial charge in [-0.25, -0.2) is 9.59 Å². The van der Waals surface area contributed by atoms with Crippen LogP contribution in [0.15, 0.2) is 0 Å². The number of ether oxygens (including phenoxy) is 2. The fourth-order valence-electron chi connectivity index (χ4n) is 3.16. The van der Waals surface area contributed by atoms with Gasteiger partial charge in [0.15, 0.2) is 12.2 Å². The lowest BCUT2D eigenvalue weighted by atomic mass is 9.97. The second-order valence-electron chi connectivity index (χ2n) is 7.04. The number of esters is 1. The zero-order valence-electron chi connectivity index (χ0n) is 16.0. The quantitative estimate of drug-likeness (QED) is 0.433. The van der Waals surface area contributed by atoms with Crippen molar-refractivity contribution in [3.63, 3.8) is 0 Å². The zero-order chi connectivity index (χ0) is 20.1. The van der Waals surface area contributed by atoms with Gasteiger partial charge in [0.25, 0.3) is 5.91 Å². The lowest BCUT2D eigenvalue weighted by Crippen LogP contribution is -2.55. The predicted octanol–water partition coefficient (Wildman–Crippen LogP) is 0.314. The van der Waals surface area contributed by atoms with Crippen LogP contribution in [-0.4, -0.2) is 71.2 Å². The third-order valence-corrected chi connectivity index (χ3v) is 5.03. The molecule has 0 aromatic carbocycles. The van der Waals surface area contributed by atoms with Crippen LogP contribution in [0.5, 0.6) is 0 Å². The van der Waals surface area contributed by atoms with E-state index >= 15 is 0 Å². The second-order valence-corrected chi connectivity index (χ2v) is 7.04. The van der Waals surface area contributed by atoms with Crippen molar-refractivity contribution in [2.45, 2.75) is 70.7 Å². The molecular weight excluding hydrogens is 356 g/mol. The van der Waals surface area contributed by atoms with Crippen molar-refractivity contribution in [2.75, 3.05) is 13.2 Å². The molecule has 27 heavy (non-hydrogen) atoms. The molecule has 2 aliphatic rings. The number of likely N-dealkylation sites (tertiary alicyclic amines) is 1. The first-order valence-corrected chi connectivity index (χ1v) is 9.47. The van der Waals surface area contributed by atoms with Crippen molar-refractivity contribution in [1.29, 1.82) is 0 Å². The number of nitrogens with one attached hydrogen (secondary N) is 1. The molecule has 2 saturated heterocycles. The Bertz CT molecular complexity index is 594. The fourth-order valence-corrected chi connectivity index (χ4v) is 3.16. The first-order valence-electron chi connectivity index (χ1n) is 9.47. The van der Waals surface area contributed by atoms with E-state index in [1.807, 2.05) is 20.8 Å². The molecule has 9 nitrogen and oxygen atoms in total. The van der Waals surface area contributed by atoms with Gasteiger partial charge in [-0.05, 0) is 25.2 Å². The molecule has 2 rings (SSSR count). The summed E-state index contributed by atoms with van der Waals surface area (Å²) in [5.41, 5.74) is 0. The normalized spacial score (nSPS) is 26.2. The number of carboxylic acids is 1. The summed E-state index contributed by atoms with van der Waals surface area (Å²) >= 11 is 0. The molecule has 0 bridgehead atoms. The van der Waals surface area contributed by atoms with E-state index in [0.29, 0.717) is 32.2 Å². The van der Waals surface area contributed by atoms with E-state index in [4.69, 9.17) is 9.47 Å². The van der Waals surface area contributed by atoms with Crippen LogP contribution >= 0.6 is 0 Å². The Balaban J connectivity index is 2.01. The van der Waals surface area contributed by atoms with Gasteiger partial charge >= 0.3 is 11.9 Å². The SMILES string of the molecule is CCCOC(=O)[C@H]1O[C@@H]1C(=O)N[C@H](C(=O)N1CCC[C@H]1C(=O)O)[C@@H](C)CC. The number of nitrogens with zero attached hydrogens (tertiary/aromatic N) is 1. The Morgan fingerprint density at radius 1 is 1.26 bits per heavy atom. The molecule has 2 fully saturated rings. The van der Waals surface area contributed by atoms with Crippen LogP contribution in [0, 0.1) is 5.92 Å². The summed E-state index contributed by atoms with van der Waals surface area (Å²) in [5, 5.41) is 12.0. The average molecular weight is 384 g/mol. The van der Waals surface area contributed by atoms with Crippen LogP contribution < -0.4 is 5.32 Å².